The number of hydrogen-bond acceptors (Lipinski definition) is 4. The average molecular weight is 622 g/mol. The quantitative estimate of drug-likeness (QED) is 0.311. The number of amides is 2. The fourth-order valence-electron chi connectivity index (χ4n) is 7.20. The second-order valence-corrected chi connectivity index (χ2v) is 13.3. The van der Waals surface area contributed by atoms with Crippen LogP contribution in [0, 0.1) is 28.5 Å². The van der Waals surface area contributed by atoms with Crippen molar-refractivity contribution in [2.45, 2.75) is 50.1 Å². The SMILES string of the molecule is CC(C)(C)C1C[C@]12N[C@@H](C(=O)Nc1ccc(C#N)cc1)[C@H](c1cccc(Br)c1F)[C@]21C(=O)Nc2cc(Cl)ccc21. The summed E-state index contributed by atoms with van der Waals surface area (Å²) in [6.07, 6.45) is 0.638. The van der Waals surface area contributed by atoms with Gasteiger partial charge in [-0.1, -0.05) is 50.6 Å². The molecule has 2 fully saturated rings. The maximum atomic E-state index is 16.0. The molecular weight excluding hydrogens is 595 g/mol. The zero-order chi connectivity index (χ0) is 28.6. The Kier molecular flexibility index (Phi) is 6.15. The normalized spacial score (nSPS) is 28.3. The van der Waals surface area contributed by atoms with Crippen LogP contribution in [0.25, 0.3) is 0 Å². The molecule has 1 saturated carbocycles. The molecule has 1 aliphatic carbocycles. The lowest BCUT2D eigenvalue weighted by Crippen LogP contribution is -2.52. The van der Waals surface area contributed by atoms with E-state index in [9.17, 15) is 9.59 Å². The Hall–Kier alpha value is -3.25. The molecule has 0 bridgehead atoms. The predicted molar refractivity (Wildman–Crippen MR) is 156 cm³/mol. The lowest BCUT2D eigenvalue weighted by molar-refractivity contribution is -0.122. The topological polar surface area (TPSA) is 94.0 Å². The standard InChI is InChI=1S/C31H27BrClFN4O2/c1-29(2,3)23-14-30(23)31(20-12-9-17(33)13-22(20)37-28(31)40)24(19-5-4-6-21(32)25(19)34)26(38-30)27(39)36-18-10-7-16(15-35)8-11-18/h4-13,23-24,26,38H,14H2,1-3H3,(H,36,39)(H,37,40)/t23?,24-,26+,30-,31+/m0/s1. The molecule has 40 heavy (non-hydrogen) atoms. The van der Waals surface area contributed by atoms with Gasteiger partial charge in [0.15, 0.2) is 0 Å². The van der Waals surface area contributed by atoms with Gasteiger partial charge in [0.1, 0.15) is 11.2 Å². The van der Waals surface area contributed by atoms with E-state index in [0.717, 1.165) is 0 Å². The lowest BCUT2D eigenvalue weighted by atomic mass is 9.61. The van der Waals surface area contributed by atoms with E-state index in [1.807, 2.05) is 6.07 Å². The monoisotopic (exact) mass is 620 g/mol. The van der Waals surface area contributed by atoms with Gasteiger partial charge in [-0.15, -0.1) is 0 Å². The van der Waals surface area contributed by atoms with Gasteiger partial charge in [-0.05, 0) is 87.3 Å². The first-order valence-electron chi connectivity index (χ1n) is 13.1. The summed E-state index contributed by atoms with van der Waals surface area (Å²) in [6.45, 7) is 6.36. The van der Waals surface area contributed by atoms with Crippen LogP contribution in [0.4, 0.5) is 15.8 Å². The van der Waals surface area contributed by atoms with Crippen LogP contribution >= 0.6 is 27.5 Å². The summed E-state index contributed by atoms with van der Waals surface area (Å²) < 4.78 is 16.3. The van der Waals surface area contributed by atoms with E-state index in [0.29, 0.717) is 33.9 Å². The number of hydrogen-bond donors (Lipinski definition) is 3. The minimum Gasteiger partial charge on any atom is -0.325 e. The third kappa shape index (κ3) is 3.75. The number of carbonyl (C=O) groups excluding carboxylic acids is 2. The van der Waals surface area contributed by atoms with Gasteiger partial charge in [0.25, 0.3) is 0 Å². The molecule has 3 aliphatic rings. The number of nitriles is 1. The lowest BCUT2D eigenvalue weighted by Gasteiger charge is -2.38. The highest BCUT2D eigenvalue weighted by molar-refractivity contribution is 9.10. The Morgan fingerprint density at radius 1 is 1.18 bits per heavy atom. The van der Waals surface area contributed by atoms with Crippen molar-refractivity contribution < 1.29 is 14.0 Å². The molecule has 2 heterocycles. The first-order chi connectivity index (χ1) is 18.9. The van der Waals surface area contributed by atoms with Gasteiger partial charge in [-0.3, -0.25) is 14.9 Å². The van der Waals surface area contributed by atoms with Gasteiger partial charge in [0, 0.05) is 27.9 Å². The highest BCUT2D eigenvalue weighted by Crippen LogP contribution is 2.72. The number of nitrogens with one attached hydrogen (secondary N) is 3. The molecule has 3 aromatic carbocycles. The van der Waals surface area contributed by atoms with Gasteiger partial charge < -0.3 is 10.6 Å². The van der Waals surface area contributed by atoms with Crippen LogP contribution in [-0.4, -0.2) is 23.4 Å². The molecular formula is C31H27BrClFN4O2. The summed E-state index contributed by atoms with van der Waals surface area (Å²) in [5.74, 6) is -2.02. The Bertz CT molecular complexity index is 1610. The Morgan fingerprint density at radius 2 is 1.90 bits per heavy atom. The van der Waals surface area contributed by atoms with Crippen molar-refractivity contribution >= 4 is 50.7 Å². The molecule has 2 aliphatic heterocycles. The molecule has 3 N–H and O–H groups in total. The fourth-order valence-corrected chi connectivity index (χ4v) is 7.76. The molecule has 9 heteroatoms. The second-order valence-electron chi connectivity index (χ2n) is 12.0. The Labute approximate surface area is 245 Å². The van der Waals surface area contributed by atoms with E-state index in [1.54, 1.807) is 54.6 Å². The molecule has 2 spiro atoms. The van der Waals surface area contributed by atoms with E-state index < -0.39 is 28.7 Å². The molecule has 0 radical (unpaired) electrons. The molecule has 5 atom stereocenters. The summed E-state index contributed by atoms with van der Waals surface area (Å²) in [7, 11) is 0. The fraction of sp³-hybridized carbons (Fsp3) is 0.323. The van der Waals surface area contributed by atoms with Crippen molar-refractivity contribution in [3.8, 4) is 6.07 Å². The van der Waals surface area contributed by atoms with E-state index in [1.165, 1.54) is 0 Å². The molecule has 6 rings (SSSR count). The average Bonchev–Trinajstić information content (AvgIpc) is 3.48. The maximum Gasteiger partial charge on any atom is 0.242 e. The van der Waals surface area contributed by atoms with E-state index in [2.05, 4.69) is 58.7 Å². The number of carbonyl (C=O) groups is 2. The molecule has 204 valence electrons. The molecule has 6 nitrogen and oxygen atoms in total. The predicted octanol–water partition coefficient (Wildman–Crippen LogP) is 6.50. The summed E-state index contributed by atoms with van der Waals surface area (Å²) in [5.41, 5.74) is 0.240. The zero-order valence-corrected chi connectivity index (χ0v) is 24.5. The number of anilines is 2. The first kappa shape index (κ1) is 26.9. The molecule has 1 saturated heterocycles. The van der Waals surface area contributed by atoms with Crippen LogP contribution in [0.15, 0.2) is 65.1 Å². The van der Waals surface area contributed by atoms with Crippen molar-refractivity contribution in [3.63, 3.8) is 0 Å². The van der Waals surface area contributed by atoms with Gasteiger partial charge in [-0.25, -0.2) is 4.39 Å². The number of nitrogens with zero attached hydrogens (tertiary/aromatic N) is 1. The number of fused-ring (bicyclic) bond motifs is 3. The van der Waals surface area contributed by atoms with Crippen molar-refractivity contribution in [1.82, 2.24) is 5.32 Å². The summed E-state index contributed by atoms with van der Waals surface area (Å²) in [6, 6.07) is 17.9. The second kappa shape index (κ2) is 9.13. The van der Waals surface area contributed by atoms with Crippen molar-refractivity contribution in [2.24, 2.45) is 11.3 Å². The molecule has 3 aromatic rings. The third-order valence-electron chi connectivity index (χ3n) is 8.82. The first-order valence-corrected chi connectivity index (χ1v) is 14.3. The Morgan fingerprint density at radius 3 is 2.55 bits per heavy atom. The van der Waals surface area contributed by atoms with Crippen molar-refractivity contribution in [3.05, 3.63) is 92.7 Å². The minimum absolute atomic E-state index is 0.0257. The third-order valence-corrected chi connectivity index (χ3v) is 9.66. The smallest absolute Gasteiger partial charge is 0.242 e. The maximum absolute atomic E-state index is 16.0. The Balaban J connectivity index is 1.57. The van der Waals surface area contributed by atoms with Crippen LogP contribution < -0.4 is 16.0 Å². The van der Waals surface area contributed by atoms with Gasteiger partial charge in [0.05, 0.1) is 22.1 Å². The highest BCUT2D eigenvalue weighted by atomic mass is 79.9. The van der Waals surface area contributed by atoms with Gasteiger partial charge in [-0.2, -0.15) is 5.26 Å². The molecule has 2 amide bonds. The van der Waals surface area contributed by atoms with Gasteiger partial charge >= 0.3 is 0 Å². The molecule has 1 unspecified atom stereocenters. The summed E-state index contributed by atoms with van der Waals surface area (Å²) >= 11 is 9.65. The van der Waals surface area contributed by atoms with Gasteiger partial charge in [0.2, 0.25) is 11.8 Å². The number of halogens is 3. The summed E-state index contributed by atoms with van der Waals surface area (Å²) in [5, 5.41) is 19.2. The van der Waals surface area contributed by atoms with Crippen molar-refractivity contribution in [2.75, 3.05) is 10.6 Å². The summed E-state index contributed by atoms with van der Waals surface area (Å²) in [4.78, 5) is 28.5. The largest absolute Gasteiger partial charge is 0.325 e. The number of benzene rings is 3. The van der Waals surface area contributed by atoms with Crippen LogP contribution in [0.3, 0.4) is 0 Å². The van der Waals surface area contributed by atoms with Crippen LogP contribution in [0.2, 0.25) is 5.02 Å². The van der Waals surface area contributed by atoms with Crippen LogP contribution in [0.1, 0.15) is 49.8 Å². The van der Waals surface area contributed by atoms with E-state index in [4.69, 9.17) is 16.9 Å². The van der Waals surface area contributed by atoms with Crippen LogP contribution in [-0.2, 0) is 15.0 Å². The van der Waals surface area contributed by atoms with E-state index >= 15 is 4.39 Å². The van der Waals surface area contributed by atoms with E-state index in [-0.39, 0.29) is 33.2 Å². The van der Waals surface area contributed by atoms with Crippen LogP contribution in [0.5, 0.6) is 0 Å². The zero-order valence-electron chi connectivity index (χ0n) is 22.1. The highest BCUT2D eigenvalue weighted by Gasteiger charge is 2.81. The number of rotatable bonds is 3. The molecule has 0 aromatic heterocycles. The minimum atomic E-state index is -1.28. The van der Waals surface area contributed by atoms with Crippen molar-refractivity contribution in [1.29, 1.82) is 5.26 Å².